The van der Waals surface area contributed by atoms with E-state index >= 15 is 0 Å². The first kappa shape index (κ1) is 13.6. The zero-order chi connectivity index (χ0) is 14.0. The van der Waals surface area contributed by atoms with Gasteiger partial charge in [-0.05, 0) is 30.4 Å². The van der Waals surface area contributed by atoms with E-state index in [9.17, 15) is 4.79 Å². The number of benzene rings is 1. The molecule has 1 aromatic rings. The Bertz CT molecular complexity index is 505. The second-order valence-corrected chi connectivity index (χ2v) is 5.64. The molecule has 0 fully saturated rings. The molecule has 0 radical (unpaired) electrons. The number of rotatable bonds is 4. The molecule has 0 saturated heterocycles. The highest BCUT2D eigenvalue weighted by Gasteiger charge is 2.42. The van der Waals surface area contributed by atoms with Crippen molar-refractivity contribution in [3.05, 3.63) is 35.4 Å². The van der Waals surface area contributed by atoms with E-state index in [0.717, 1.165) is 12.0 Å². The number of nitrogens with zero attached hydrogens (tertiary/aromatic N) is 1. The van der Waals surface area contributed by atoms with Crippen LogP contribution in [0.3, 0.4) is 0 Å². The molecule has 4 heteroatoms. The van der Waals surface area contributed by atoms with E-state index in [1.807, 2.05) is 12.1 Å². The van der Waals surface area contributed by atoms with E-state index in [0.29, 0.717) is 18.1 Å². The maximum atomic E-state index is 11.1. The van der Waals surface area contributed by atoms with Crippen molar-refractivity contribution in [2.45, 2.75) is 39.2 Å². The van der Waals surface area contributed by atoms with Gasteiger partial charge >= 0.3 is 5.97 Å². The van der Waals surface area contributed by atoms with E-state index in [2.05, 4.69) is 31.1 Å². The first-order chi connectivity index (χ1) is 8.90. The summed E-state index contributed by atoms with van der Waals surface area (Å²) in [4.78, 5) is 16.1. The molecule has 1 unspecified atom stereocenters. The zero-order valence-corrected chi connectivity index (χ0v) is 11.5. The number of carbonyl (C=O) groups is 1. The fourth-order valence-corrected chi connectivity index (χ4v) is 2.11. The molecule has 102 valence electrons. The van der Waals surface area contributed by atoms with Crippen LogP contribution in [0.4, 0.5) is 0 Å². The van der Waals surface area contributed by atoms with Crippen LogP contribution in [0.1, 0.15) is 38.3 Å². The summed E-state index contributed by atoms with van der Waals surface area (Å²) in [7, 11) is 0. The third kappa shape index (κ3) is 2.95. The molecule has 1 aromatic carbocycles. The molecular formula is C15H19NO3. The zero-order valence-electron chi connectivity index (χ0n) is 11.5. The third-order valence-electron chi connectivity index (χ3n) is 3.25. The number of carboxylic acids is 1. The molecule has 0 saturated carbocycles. The van der Waals surface area contributed by atoms with Crippen molar-refractivity contribution in [3.8, 4) is 0 Å². The molecule has 1 aliphatic heterocycles. The monoisotopic (exact) mass is 261 g/mol. The van der Waals surface area contributed by atoms with Crippen molar-refractivity contribution in [1.82, 2.24) is 0 Å². The lowest BCUT2D eigenvalue weighted by atomic mass is 9.94. The fraction of sp³-hybridized carbons (Fsp3) is 0.467. The lowest BCUT2D eigenvalue weighted by molar-refractivity contribution is -0.160. The van der Waals surface area contributed by atoms with Gasteiger partial charge in [0.25, 0.3) is 0 Å². The fourth-order valence-electron chi connectivity index (χ4n) is 2.11. The molecule has 0 aromatic heterocycles. The first-order valence-electron chi connectivity index (χ1n) is 6.48. The van der Waals surface area contributed by atoms with Gasteiger partial charge in [0.1, 0.15) is 0 Å². The minimum Gasteiger partial charge on any atom is -0.478 e. The molecule has 1 atom stereocenters. The summed E-state index contributed by atoms with van der Waals surface area (Å²) in [6, 6.07) is 8.09. The van der Waals surface area contributed by atoms with Gasteiger partial charge in [-0.3, -0.25) is 0 Å². The van der Waals surface area contributed by atoms with Crippen molar-refractivity contribution in [2.75, 3.05) is 0 Å². The summed E-state index contributed by atoms with van der Waals surface area (Å²) < 4.78 is 0. The average molecular weight is 261 g/mol. The molecule has 0 bridgehead atoms. The second-order valence-electron chi connectivity index (χ2n) is 5.64. The molecule has 1 N–H and O–H groups in total. The van der Waals surface area contributed by atoms with E-state index < -0.39 is 11.6 Å². The van der Waals surface area contributed by atoms with Crippen molar-refractivity contribution < 1.29 is 14.7 Å². The van der Waals surface area contributed by atoms with Crippen molar-refractivity contribution in [1.29, 1.82) is 0 Å². The highest BCUT2D eigenvalue weighted by Crippen LogP contribution is 2.27. The molecule has 0 amide bonds. The topological polar surface area (TPSA) is 58.9 Å². The number of oxime groups is 1. The van der Waals surface area contributed by atoms with Gasteiger partial charge in [-0.15, -0.1) is 0 Å². The van der Waals surface area contributed by atoms with Gasteiger partial charge < -0.3 is 9.94 Å². The van der Waals surface area contributed by atoms with Crippen LogP contribution in [0.5, 0.6) is 0 Å². The standard InChI is InChI=1S/C15H19NO3/c1-10(2)8-11-4-6-12(7-5-11)13-9-15(3,14(17)18)19-16-13/h4-7,10H,8-9H2,1-3H3,(H,17,18). The third-order valence-corrected chi connectivity index (χ3v) is 3.25. The molecular weight excluding hydrogens is 242 g/mol. The number of aliphatic carboxylic acids is 1. The number of hydrogen-bond donors (Lipinski definition) is 1. The lowest BCUT2D eigenvalue weighted by Crippen LogP contribution is -2.35. The molecule has 1 aliphatic rings. The predicted molar refractivity (Wildman–Crippen MR) is 73.3 cm³/mol. The summed E-state index contributed by atoms with van der Waals surface area (Å²) in [5.74, 6) is -0.365. The van der Waals surface area contributed by atoms with Crippen LogP contribution in [0.15, 0.2) is 29.4 Å². The summed E-state index contributed by atoms with van der Waals surface area (Å²) in [5.41, 5.74) is 1.67. The van der Waals surface area contributed by atoms with Crippen molar-refractivity contribution in [3.63, 3.8) is 0 Å². The van der Waals surface area contributed by atoms with Gasteiger partial charge in [0.15, 0.2) is 0 Å². The Morgan fingerprint density at radius 1 is 1.42 bits per heavy atom. The Morgan fingerprint density at radius 2 is 2.05 bits per heavy atom. The lowest BCUT2D eigenvalue weighted by Gasteiger charge is -2.14. The van der Waals surface area contributed by atoms with E-state index in [-0.39, 0.29) is 0 Å². The average Bonchev–Trinajstić information content (AvgIpc) is 2.74. The molecule has 0 aliphatic carbocycles. The Hall–Kier alpha value is -1.84. The number of hydrogen-bond acceptors (Lipinski definition) is 3. The molecule has 4 nitrogen and oxygen atoms in total. The summed E-state index contributed by atoms with van der Waals surface area (Å²) in [6.07, 6.45) is 1.34. The van der Waals surface area contributed by atoms with E-state index in [1.165, 1.54) is 5.56 Å². The minimum atomic E-state index is -1.23. The summed E-state index contributed by atoms with van der Waals surface area (Å²) in [5, 5.41) is 13.0. The largest absolute Gasteiger partial charge is 0.478 e. The van der Waals surface area contributed by atoms with Gasteiger partial charge in [-0.25, -0.2) is 4.79 Å². The Morgan fingerprint density at radius 3 is 2.53 bits per heavy atom. The molecule has 19 heavy (non-hydrogen) atoms. The predicted octanol–water partition coefficient (Wildman–Crippen LogP) is 2.85. The number of carboxylic acid groups (broad SMARTS) is 1. The van der Waals surface area contributed by atoms with Crippen molar-refractivity contribution in [2.24, 2.45) is 11.1 Å². The smallest absolute Gasteiger partial charge is 0.351 e. The maximum Gasteiger partial charge on any atom is 0.351 e. The molecule has 0 spiro atoms. The Labute approximate surface area is 113 Å². The van der Waals surface area contributed by atoms with Gasteiger partial charge in [0, 0.05) is 6.42 Å². The first-order valence-corrected chi connectivity index (χ1v) is 6.48. The van der Waals surface area contributed by atoms with Crippen LogP contribution >= 0.6 is 0 Å². The normalized spacial score (nSPS) is 22.2. The minimum absolute atomic E-state index is 0.297. The van der Waals surface area contributed by atoms with E-state index in [1.54, 1.807) is 6.92 Å². The SMILES string of the molecule is CC(C)Cc1ccc(C2=NOC(C)(C(=O)O)C2)cc1. The molecule has 1 heterocycles. The van der Waals surface area contributed by atoms with Crippen molar-refractivity contribution >= 4 is 11.7 Å². The van der Waals surface area contributed by atoms with Crippen LogP contribution in [-0.4, -0.2) is 22.4 Å². The second kappa shape index (κ2) is 5.03. The van der Waals surface area contributed by atoms with Crippen LogP contribution < -0.4 is 0 Å². The van der Waals surface area contributed by atoms with Gasteiger partial charge in [0.05, 0.1) is 5.71 Å². The Balaban J connectivity index is 2.10. The highest BCUT2D eigenvalue weighted by molar-refractivity contribution is 6.04. The van der Waals surface area contributed by atoms with Crippen LogP contribution in [-0.2, 0) is 16.1 Å². The molecule has 2 rings (SSSR count). The highest BCUT2D eigenvalue weighted by atomic mass is 16.7. The van der Waals surface area contributed by atoms with E-state index in [4.69, 9.17) is 9.94 Å². The van der Waals surface area contributed by atoms with Crippen LogP contribution in [0.25, 0.3) is 0 Å². The maximum absolute atomic E-state index is 11.1. The summed E-state index contributed by atoms with van der Waals surface area (Å²) >= 11 is 0. The van der Waals surface area contributed by atoms with Crippen LogP contribution in [0, 0.1) is 5.92 Å². The van der Waals surface area contributed by atoms with Crippen LogP contribution in [0.2, 0.25) is 0 Å². The summed E-state index contributed by atoms with van der Waals surface area (Å²) in [6.45, 7) is 5.90. The van der Waals surface area contributed by atoms with Gasteiger partial charge in [-0.1, -0.05) is 43.3 Å². The quantitative estimate of drug-likeness (QED) is 0.906. The van der Waals surface area contributed by atoms with Gasteiger partial charge in [-0.2, -0.15) is 0 Å². The Kier molecular flexibility index (Phi) is 3.60. The van der Waals surface area contributed by atoms with Gasteiger partial charge in [0.2, 0.25) is 5.60 Å².